The van der Waals surface area contributed by atoms with Crippen LogP contribution in [0.15, 0.2) is 199 Å². The molecule has 0 aliphatic rings. The molecule has 12 rings (SSSR count). The molecule has 270 valence electrons. The van der Waals surface area contributed by atoms with Gasteiger partial charge >= 0.3 is 0 Å². The first-order valence-corrected chi connectivity index (χ1v) is 20.4. The molecule has 9 aromatic carbocycles. The van der Waals surface area contributed by atoms with Crippen LogP contribution in [-0.2, 0) is 0 Å². The van der Waals surface area contributed by atoms with Gasteiger partial charge in [-0.2, -0.15) is 0 Å². The Morgan fingerprint density at radius 3 is 1.81 bits per heavy atom. The van der Waals surface area contributed by atoms with Crippen LogP contribution < -0.4 is 0 Å². The number of hydrogen-bond acceptors (Lipinski definition) is 4. The molecule has 3 heterocycles. The van der Waals surface area contributed by atoms with Gasteiger partial charge in [-0.15, -0.1) is 11.3 Å². The van der Waals surface area contributed by atoms with Gasteiger partial charge in [-0.25, -0.2) is 9.97 Å². The van der Waals surface area contributed by atoms with Gasteiger partial charge in [-0.3, -0.25) is 0 Å². The molecular formula is C54H32N2OS. The van der Waals surface area contributed by atoms with Crippen molar-refractivity contribution in [3.05, 3.63) is 194 Å². The third kappa shape index (κ3) is 5.34. The zero-order valence-corrected chi connectivity index (χ0v) is 32.0. The Balaban J connectivity index is 0.996. The van der Waals surface area contributed by atoms with Gasteiger partial charge in [0, 0.05) is 37.5 Å². The summed E-state index contributed by atoms with van der Waals surface area (Å²) in [4.78, 5) is 10.8. The summed E-state index contributed by atoms with van der Waals surface area (Å²) in [6, 6.07) is 69.1. The van der Waals surface area contributed by atoms with E-state index in [-0.39, 0.29) is 0 Å². The molecule has 0 fully saturated rings. The molecule has 0 atom stereocenters. The van der Waals surface area contributed by atoms with Gasteiger partial charge in [0.2, 0.25) is 0 Å². The van der Waals surface area contributed by atoms with E-state index < -0.39 is 0 Å². The lowest BCUT2D eigenvalue weighted by atomic mass is 9.97. The number of furan rings is 1. The molecule has 0 unspecified atom stereocenters. The minimum absolute atomic E-state index is 0.684. The lowest BCUT2D eigenvalue weighted by Gasteiger charge is -2.10. The fourth-order valence-corrected chi connectivity index (χ4v) is 9.74. The van der Waals surface area contributed by atoms with Gasteiger partial charge in [-0.1, -0.05) is 164 Å². The molecule has 4 heteroatoms. The second kappa shape index (κ2) is 13.1. The van der Waals surface area contributed by atoms with E-state index in [9.17, 15) is 0 Å². The average Bonchev–Trinajstić information content (AvgIpc) is 3.87. The molecule has 0 aliphatic heterocycles. The SMILES string of the molecule is c1ccc(-c2ccc3cc(-c4nc(-c5cccc6oc7c(-c8ccc(-c9ccc%10ccccc%10c9)cc8)cccc7c56)nc5c4sc4ccccc45)ccc3c2)cc1. The standard InChI is InChI=1S/C54H32N2OS/c1-2-10-33(11-3-1)38-26-27-41-32-42(29-28-40(41)31-38)50-53-51(44-14-6-7-19-48(44)58-53)56-54(55-50)46-17-9-18-47-49(46)45-16-8-15-43(52(45)57-47)36-23-20-35(21-24-36)39-25-22-34-12-4-5-13-37(34)30-39/h1-32H. The maximum atomic E-state index is 6.76. The molecule has 0 saturated heterocycles. The topological polar surface area (TPSA) is 38.9 Å². The summed E-state index contributed by atoms with van der Waals surface area (Å²) >= 11 is 1.76. The Bertz CT molecular complexity index is 3560. The van der Waals surface area contributed by atoms with Crippen molar-refractivity contribution in [1.29, 1.82) is 0 Å². The molecule has 0 spiro atoms. The van der Waals surface area contributed by atoms with Crippen molar-refractivity contribution in [3.63, 3.8) is 0 Å². The van der Waals surface area contributed by atoms with Crippen LogP contribution in [0.2, 0.25) is 0 Å². The highest BCUT2D eigenvalue weighted by Gasteiger charge is 2.21. The largest absolute Gasteiger partial charge is 0.455 e. The van der Waals surface area contributed by atoms with Gasteiger partial charge in [0.15, 0.2) is 5.82 Å². The number of nitrogens with zero attached hydrogens (tertiary/aromatic N) is 2. The van der Waals surface area contributed by atoms with Gasteiger partial charge < -0.3 is 4.42 Å². The molecule has 58 heavy (non-hydrogen) atoms. The summed E-state index contributed by atoms with van der Waals surface area (Å²) in [5.41, 5.74) is 12.6. The molecule has 0 saturated carbocycles. The van der Waals surface area contributed by atoms with E-state index in [2.05, 4.69) is 194 Å². The molecule has 0 aliphatic carbocycles. The van der Waals surface area contributed by atoms with Crippen LogP contribution in [0.1, 0.15) is 0 Å². The van der Waals surface area contributed by atoms with Crippen LogP contribution in [0.5, 0.6) is 0 Å². The Labute approximate surface area is 338 Å². The van der Waals surface area contributed by atoms with E-state index in [0.29, 0.717) is 5.82 Å². The van der Waals surface area contributed by atoms with Crippen LogP contribution in [0.4, 0.5) is 0 Å². The number of hydrogen-bond donors (Lipinski definition) is 0. The molecule has 3 aromatic heterocycles. The Morgan fingerprint density at radius 2 is 0.983 bits per heavy atom. The predicted octanol–water partition coefficient (Wildman–Crippen LogP) is 15.4. The summed E-state index contributed by atoms with van der Waals surface area (Å²) in [5.74, 6) is 0.684. The molecule has 3 nitrogen and oxygen atoms in total. The van der Waals surface area contributed by atoms with Crippen LogP contribution in [0.3, 0.4) is 0 Å². The monoisotopic (exact) mass is 756 g/mol. The van der Waals surface area contributed by atoms with E-state index >= 15 is 0 Å². The highest BCUT2D eigenvalue weighted by atomic mass is 32.1. The Kier molecular flexibility index (Phi) is 7.40. The van der Waals surface area contributed by atoms with Crippen LogP contribution in [0, 0.1) is 0 Å². The number of fused-ring (bicyclic) bond motifs is 8. The van der Waals surface area contributed by atoms with Crippen molar-refractivity contribution in [1.82, 2.24) is 9.97 Å². The highest BCUT2D eigenvalue weighted by molar-refractivity contribution is 7.26. The summed E-state index contributed by atoms with van der Waals surface area (Å²) in [6.07, 6.45) is 0. The normalized spacial score (nSPS) is 11.8. The van der Waals surface area contributed by atoms with Crippen molar-refractivity contribution in [2.75, 3.05) is 0 Å². The van der Waals surface area contributed by atoms with E-state index in [1.807, 2.05) is 0 Å². The summed E-state index contributed by atoms with van der Waals surface area (Å²) in [7, 11) is 0. The highest BCUT2D eigenvalue weighted by Crippen LogP contribution is 2.44. The summed E-state index contributed by atoms with van der Waals surface area (Å²) in [5, 5.41) is 8.05. The zero-order chi connectivity index (χ0) is 38.2. The fourth-order valence-electron chi connectivity index (χ4n) is 8.58. The zero-order valence-electron chi connectivity index (χ0n) is 31.2. The maximum Gasteiger partial charge on any atom is 0.161 e. The minimum atomic E-state index is 0.684. The molecule has 0 radical (unpaired) electrons. The van der Waals surface area contributed by atoms with Crippen LogP contribution in [0.25, 0.3) is 120 Å². The van der Waals surface area contributed by atoms with E-state index in [1.54, 1.807) is 11.3 Å². The van der Waals surface area contributed by atoms with Gasteiger partial charge in [-0.05, 0) is 79.7 Å². The maximum absolute atomic E-state index is 6.76. The van der Waals surface area contributed by atoms with Gasteiger partial charge in [0.1, 0.15) is 11.2 Å². The fraction of sp³-hybridized carbons (Fsp3) is 0. The third-order valence-corrected chi connectivity index (χ3v) is 12.6. The Hall–Kier alpha value is -7.40. The van der Waals surface area contributed by atoms with Crippen molar-refractivity contribution < 1.29 is 4.42 Å². The van der Waals surface area contributed by atoms with Crippen molar-refractivity contribution in [3.8, 4) is 56.0 Å². The van der Waals surface area contributed by atoms with E-state index in [1.165, 1.54) is 48.5 Å². The van der Waals surface area contributed by atoms with Gasteiger partial charge in [0.25, 0.3) is 0 Å². The van der Waals surface area contributed by atoms with E-state index in [0.717, 1.165) is 65.5 Å². The lowest BCUT2D eigenvalue weighted by molar-refractivity contribution is 0.670. The number of benzene rings is 9. The lowest BCUT2D eigenvalue weighted by Crippen LogP contribution is -1.94. The van der Waals surface area contributed by atoms with Crippen molar-refractivity contribution in [2.45, 2.75) is 0 Å². The second-order valence-electron chi connectivity index (χ2n) is 14.9. The summed E-state index contributed by atoms with van der Waals surface area (Å²) in [6.45, 7) is 0. The molecular weight excluding hydrogens is 725 g/mol. The number of aromatic nitrogens is 2. The smallest absolute Gasteiger partial charge is 0.161 e. The number of rotatable bonds is 5. The Morgan fingerprint density at radius 1 is 0.397 bits per heavy atom. The van der Waals surface area contributed by atoms with Crippen LogP contribution >= 0.6 is 11.3 Å². The molecule has 0 N–H and O–H groups in total. The predicted molar refractivity (Wildman–Crippen MR) is 244 cm³/mol. The van der Waals surface area contributed by atoms with Crippen molar-refractivity contribution in [2.24, 2.45) is 0 Å². The first-order chi connectivity index (χ1) is 28.7. The first kappa shape index (κ1) is 32.8. The second-order valence-corrected chi connectivity index (χ2v) is 16.0. The van der Waals surface area contributed by atoms with Gasteiger partial charge in [0.05, 0.1) is 15.9 Å². The number of para-hydroxylation sites is 1. The average molecular weight is 757 g/mol. The molecule has 0 amide bonds. The summed E-state index contributed by atoms with van der Waals surface area (Å²) < 4.78 is 9.04. The number of thiophene rings is 1. The van der Waals surface area contributed by atoms with Crippen LogP contribution in [-0.4, -0.2) is 9.97 Å². The third-order valence-electron chi connectivity index (χ3n) is 11.5. The molecule has 12 aromatic rings. The minimum Gasteiger partial charge on any atom is -0.455 e. The first-order valence-electron chi connectivity index (χ1n) is 19.5. The van der Waals surface area contributed by atoms with E-state index in [4.69, 9.17) is 14.4 Å². The quantitative estimate of drug-likeness (QED) is 0.176. The molecule has 0 bridgehead atoms. The van der Waals surface area contributed by atoms with Crippen molar-refractivity contribution >= 4 is 75.1 Å².